The zero-order chi connectivity index (χ0) is 13.0. The van der Waals surface area contributed by atoms with Gasteiger partial charge in [-0.25, -0.2) is 0 Å². The predicted molar refractivity (Wildman–Crippen MR) is 77.1 cm³/mol. The monoisotopic (exact) mass is 245 g/mol. The van der Waals surface area contributed by atoms with Crippen LogP contribution in [0.2, 0.25) is 0 Å². The Morgan fingerprint density at radius 3 is 2.78 bits per heavy atom. The molecular weight excluding hydrogens is 222 g/mol. The van der Waals surface area contributed by atoms with Crippen molar-refractivity contribution in [2.75, 3.05) is 20.1 Å². The van der Waals surface area contributed by atoms with Crippen LogP contribution < -0.4 is 10.6 Å². The average Bonchev–Trinajstić information content (AvgIpc) is 2.34. The van der Waals surface area contributed by atoms with E-state index in [0.29, 0.717) is 11.8 Å². The van der Waals surface area contributed by atoms with Gasteiger partial charge in [-0.3, -0.25) is 4.99 Å². The summed E-state index contributed by atoms with van der Waals surface area (Å²) in [7, 11) is 1.82. The lowest BCUT2D eigenvalue weighted by molar-refractivity contribution is 0.572. The molecule has 1 aromatic rings. The van der Waals surface area contributed by atoms with Crippen LogP contribution in [0.3, 0.4) is 0 Å². The molecular formula is C15H23N3. The SMILES string of the molecule is CN=C(NCC(C)C)NCC1Cc2ccccc21. The Balaban J connectivity index is 1.79. The number of benzene rings is 1. The Labute approximate surface area is 110 Å². The highest BCUT2D eigenvalue weighted by Crippen LogP contribution is 2.33. The van der Waals surface area contributed by atoms with Crippen molar-refractivity contribution in [3.63, 3.8) is 0 Å². The van der Waals surface area contributed by atoms with E-state index in [4.69, 9.17) is 0 Å². The second kappa shape index (κ2) is 5.89. The number of nitrogens with one attached hydrogen (secondary N) is 2. The molecule has 1 unspecified atom stereocenters. The van der Waals surface area contributed by atoms with Gasteiger partial charge in [0.15, 0.2) is 5.96 Å². The highest BCUT2D eigenvalue weighted by atomic mass is 15.2. The zero-order valence-electron chi connectivity index (χ0n) is 11.5. The molecule has 0 radical (unpaired) electrons. The van der Waals surface area contributed by atoms with E-state index >= 15 is 0 Å². The van der Waals surface area contributed by atoms with Gasteiger partial charge in [0.25, 0.3) is 0 Å². The maximum absolute atomic E-state index is 4.24. The molecule has 0 bridgehead atoms. The summed E-state index contributed by atoms with van der Waals surface area (Å²) in [5.41, 5.74) is 2.98. The van der Waals surface area contributed by atoms with Crippen LogP contribution in [0, 0.1) is 5.92 Å². The van der Waals surface area contributed by atoms with E-state index in [1.165, 1.54) is 17.5 Å². The summed E-state index contributed by atoms with van der Waals surface area (Å²) in [5, 5.41) is 6.74. The number of hydrogen-bond acceptors (Lipinski definition) is 1. The molecule has 0 aliphatic heterocycles. The Morgan fingerprint density at radius 2 is 2.11 bits per heavy atom. The molecule has 0 saturated heterocycles. The second-order valence-electron chi connectivity index (χ2n) is 5.33. The third kappa shape index (κ3) is 3.03. The lowest BCUT2D eigenvalue weighted by Crippen LogP contribution is -2.42. The molecule has 1 aliphatic rings. The minimum absolute atomic E-state index is 0.632. The highest BCUT2D eigenvalue weighted by Gasteiger charge is 2.25. The first-order valence-electron chi connectivity index (χ1n) is 6.73. The first-order chi connectivity index (χ1) is 8.70. The maximum Gasteiger partial charge on any atom is 0.191 e. The average molecular weight is 245 g/mol. The third-order valence-corrected chi connectivity index (χ3v) is 3.38. The first-order valence-corrected chi connectivity index (χ1v) is 6.73. The van der Waals surface area contributed by atoms with Crippen LogP contribution in [0.4, 0.5) is 0 Å². The van der Waals surface area contributed by atoms with Crippen LogP contribution in [-0.4, -0.2) is 26.1 Å². The molecule has 0 amide bonds. The van der Waals surface area contributed by atoms with Crippen molar-refractivity contribution in [2.24, 2.45) is 10.9 Å². The van der Waals surface area contributed by atoms with Crippen LogP contribution >= 0.6 is 0 Å². The lowest BCUT2D eigenvalue weighted by atomic mass is 9.78. The highest BCUT2D eigenvalue weighted by molar-refractivity contribution is 5.79. The molecule has 0 aromatic heterocycles. The molecule has 0 spiro atoms. The van der Waals surface area contributed by atoms with Crippen LogP contribution in [0.1, 0.15) is 30.9 Å². The van der Waals surface area contributed by atoms with E-state index < -0.39 is 0 Å². The van der Waals surface area contributed by atoms with Crippen LogP contribution in [0.15, 0.2) is 29.3 Å². The Hall–Kier alpha value is -1.51. The quantitative estimate of drug-likeness (QED) is 0.630. The summed E-state index contributed by atoms with van der Waals surface area (Å²) >= 11 is 0. The molecule has 3 nitrogen and oxygen atoms in total. The molecule has 18 heavy (non-hydrogen) atoms. The number of nitrogens with zero attached hydrogens (tertiary/aromatic N) is 1. The van der Waals surface area contributed by atoms with Crippen LogP contribution in [-0.2, 0) is 6.42 Å². The van der Waals surface area contributed by atoms with Crippen molar-refractivity contribution in [1.82, 2.24) is 10.6 Å². The fourth-order valence-corrected chi connectivity index (χ4v) is 2.29. The fraction of sp³-hybridized carbons (Fsp3) is 0.533. The standard InChI is InChI=1S/C15H23N3/c1-11(2)9-17-15(16-3)18-10-13-8-12-6-4-5-7-14(12)13/h4-7,11,13H,8-10H2,1-3H3,(H2,16,17,18). The van der Waals surface area contributed by atoms with Crippen molar-refractivity contribution in [3.05, 3.63) is 35.4 Å². The normalized spacial score (nSPS) is 18.2. The van der Waals surface area contributed by atoms with Gasteiger partial charge in [0.1, 0.15) is 0 Å². The van der Waals surface area contributed by atoms with Gasteiger partial charge in [0, 0.05) is 26.1 Å². The second-order valence-corrected chi connectivity index (χ2v) is 5.33. The van der Waals surface area contributed by atoms with Gasteiger partial charge in [-0.15, -0.1) is 0 Å². The van der Waals surface area contributed by atoms with Crippen molar-refractivity contribution in [3.8, 4) is 0 Å². The lowest BCUT2D eigenvalue weighted by Gasteiger charge is -2.30. The van der Waals surface area contributed by atoms with E-state index in [1.54, 1.807) is 0 Å². The summed E-state index contributed by atoms with van der Waals surface area (Å²) in [5.74, 6) is 2.18. The molecule has 3 heteroatoms. The fourth-order valence-electron chi connectivity index (χ4n) is 2.29. The van der Waals surface area contributed by atoms with Gasteiger partial charge >= 0.3 is 0 Å². The summed E-state index contributed by atoms with van der Waals surface area (Å²) in [6.07, 6.45) is 1.18. The number of rotatable bonds is 4. The van der Waals surface area contributed by atoms with Gasteiger partial charge in [-0.2, -0.15) is 0 Å². The summed E-state index contributed by atoms with van der Waals surface area (Å²) < 4.78 is 0. The van der Waals surface area contributed by atoms with Gasteiger partial charge < -0.3 is 10.6 Å². The molecule has 2 N–H and O–H groups in total. The summed E-state index contributed by atoms with van der Waals surface area (Å²) in [6.45, 7) is 6.32. The van der Waals surface area contributed by atoms with E-state index in [0.717, 1.165) is 19.0 Å². The van der Waals surface area contributed by atoms with Crippen molar-refractivity contribution in [1.29, 1.82) is 0 Å². The van der Waals surface area contributed by atoms with Gasteiger partial charge in [-0.1, -0.05) is 38.1 Å². The van der Waals surface area contributed by atoms with E-state index in [9.17, 15) is 0 Å². The third-order valence-electron chi connectivity index (χ3n) is 3.38. The van der Waals surface area contributed by atoms with Gasteiger partial charge in [-0.05, 0) is 23.5 Å². The minimum atomic E-state index is 0.632. The molecule has 1 aromatic carbocycles. The van der Waals surface area contributed by atoms with Crippen molar-refractivity contribution < 1.29 is 0 Å². The van der Waals surface area contributed by atoms with E-state index in [-0.39, 0.29) is 0 Å². The van der Waals surface area contributed by atoms with E-state index in [2.05, 4.69) is 53.7 Å². The topological polar surface area (TPSA) is 36.4 Å². The first kappa shape index (κ1) is 12.9. The Bertz CT molecular complexity index is 424. The molecule has 1 aliphatic carbocycles. The number of hydrogen-bond donors (Lipinski definition) is 2. The molecule has 98 valence electrons. The molecule has 0 saturated carbocycles. The van der Waals surface area contributed by atoms with E-state index in [1.807, 2.05) is 7.05 Å². The molecule has 0 heterocycles. The number of guanidine groups is 1. The largest absolute Gasteiger partial charge is 0.356 e. The van der Waals surface area contributed by atoms with Gasteiger partial charge in [0.05, 0.1) is 0 Å². The minimum Gasteiger partial charge on any atom is -0.356 e. The molecule has 1 atom stereocenters. The van der Waals surface area contributed by atoms with Crippen molar-refractivity contribution in [2.45, 2.75) is 26.2 Å². The predicted octanol–water partition coefficient (Wildman–Crippen LogP) is 2.15. The Kier molecular flexibility index (Phi) is 4.24. The molecule has 0 fully saturated rings. The van der Waals surface area contributed by atoms with Crippen LogP contribution in [0.25, 0.3) is 0 Å². The number of aliphatic imine (C=N–C) groups is 1. The zero-order valence-corrected chi connectivity index (χ0v) is 11.5. The van der Waals surface area contributed by atoms with Crippen molar-refractivity contribution >= 4 is 5.96 Å². The number of fused-ring (bicyclic) bond motifs is 1. The smallest absolute Gasteiger partial charge is 0.191 e. The van der Waals surface area contributed by atoms with Gasteiger partial charge in [0.2, 0.25) is 0 Å². The van der Waals surface area contributed by atoms with Crippen LogP contribution in [0.5, 0.6) is 0 Å². The maximum atomic E-state index is 4.24. The molecule has 2 rings (SSSR count). The Morgan fingerprint density at radius 1 is 1.33 bits per heavy atom. The summed E-state index contributed by atoms with van der Waals surface area (Å²) in [4.78, 5) is 4.24. The summed E-state index contributed by atoms with van der Waals surface area (Å²) in [6, 6.07) is 8.69.